The highest BCUT2D eigenvalue weighted by molar-refractivity contribution is 6.30. The molecule has 2 aromatic rings. The van der Waals surface area contributed by atoms with Gasteiger partial charge in [0.2, 0.25) is 5.91 Å². The van der Waals surface area contributed by atoms with Crippen LogP contribution >= 0.6 is 11.6 Å². The Hall–Kier alpha value is -2.93. The Labute approximate surface area is 161 Å². The summed E-state index contributed by atoms with van der Waals surface area (Å²) in [6, 6.07) is 11.2. The zero-order chi connectivity index (χ0) is 19.2. The highest BCUT2D eigenvalue weighted by atomic mass is 35.5. The fourth-order valence-corrected chi connectivity index (χ4v) is 3.77. The monoisotopic (exact) mass is 387 g/mol. The van der Waals surface area contributed by atoms with Crippen LogP contribution in [0.1, 0.15) is 18.5 Å². The minimum absolute atomic E-state index is 0.286. The van der Waals surface area contributed by atoms with Crippen LogP contribution < -0.4 is 25.4 Å². The molecule has 0 spiro atoms. The predicted octanol–water partition coefficient (Wildman–Crippen LogP) is 3.07. The Morgan fingerprint density at radius 1 is 1.26 bits per heavy atom. The number of anilines is 1. The Balaban J connectivity index is 1.73. The molecule has 2 aliphatic rings. The molecule has 2 aliphatic heterocycles. The number of halogens is 1. The summed E-state index contributed by atoms with van der Waals surface area (Å²) in [5.74, 6) is 0.0602. The first kappa shape index (κ1) is 17.5. The molecule has 7 nitrogen and oxygen atoms in total. The topological polar surface area (TPSA) is 88.7 Å². The van der Waals surface area contributed by atoms with Gasteiger partial charge in [-0.2, -0.15) is 0 Å². The van der Waals surface area contributed by atoms with Gasteiger partial charge in [0.15, 0.2) is 17.2 Å². The Morgan fingerprint density at radius 2 is 2.00 bits per heavy atom. The van der Waals surface area contributed by atoms with E-state index < -0.39 is 23.7 Å². The first-order valence-electron chi connectivity index (χ1n) is 8.42. The zero-order valence-corrected chi connectivity index (χ0v) is 15.5. The van der Waals surface area contributed by atoms with E-state index in [4.69, 9.17) is 21.1 Å². The molecule has 3 atom stereocenters. The third-order valence-corrected chi connectivity index (χ3v) is 5.10. The van der Waals surface area contributed by atoms with E-state index >= 15 is 0 Å². The fourth-order valence-electron chi connectivity index (χ4n) is 3.64. The van der Waals surface area contributed by atoms with Gasteiger partial charge in [0.25, 0.3) is 0 Å². The number of nitrogens with one attached hydrogen (secondary N) is 3. The second-order valence-electron chi connectivity index (χ2n) is 6.64. The number of para-hydroxylation sites is 1. The van der Waals surface area contributed by atoms with Crippen molar-refractivity contribution >= 4 is 29.2 Å². The molecule has 1 saturated heterocycles. The molecule has 3 N–H and O–H groups in total. The Morgan fingerprint density at radius 3 is 2.70 bits per heavy atom. The van der Waals surface area contributed by atoms with Gasteiger partial charge in [-0.1, -0.05) is 23.7 Å². The van der Waals surface area contributed by atoms with Crippen molar-refractivity contribution in [1.29, 1.82) is 0 Å². The summed E-state index contributed by atoms with van der Waals surface area (Å²) in [4.78, 5) is 25.2. The van der Waals surface area contributed by atoms with Crippen LogP contribution in [0.15, 0.2) is 42.5 Å². The number of urea groups is 1. The number of rotatable bonds is 3. The van der Waals surface area contributed by atoms with Crippen LogP contribution in [0.4, 0.5) is 10.5 Å². The van der Waals surface area contributed by atoms with Crippen molar-refractivity contribution in [2.45, 2.75) is 18.7 Å². The fraction of sp³-hybridized carbons (Fsp3) is 0.263. The minimum Gasteiger partial charge on any atom is -0.493 e. The molecular formula is C19H18ClN3O4. The summed E-state index contributed by atoms with van der Waals surface area (Å²) in [5, 5.41) is 9.01. The first-order valence-corrected chi connectivity index (χ1v) is 8.80. The van der Waals surface area contributed by atoms with Crippen molar-refractivity contribution in [3.05, 3.63) is 53.1 Å². The molecule has 27 heavy (non-hydrogen) atoms. The molecule has 2 heterocycles. The molecule has 0 aromatic heterocycles. The number of hydrogen-bond acceptors (Lipinski definition) is 4. The lowest BCUT2D eigenvalue weighted by Gasteiger charge is -2.49. The third-order valence-electron chi connectivity index (χ3n) is 4.85. The van der Waals surface area contributed by atoms with Crippen LogP contribution in [0.25, 0.3) is 0 Å². The van der Waals surface area contributed by atoms with Crippen molar-refractivity contribution in [2.24, 2.45) is 5.92 Å². The lowest BCUT2D eigenvalue weighted by molar-refractivity contribution is -0.133. The van der Waals surface area contributed by atoms with Crippen molar-refractivity contribution < 1.29 is 19.1 Å². The molecule has 3 unspecified atom stereocenters. The van der Waals surface area contributed by atoms with Crippen molar-refractivity contribution in [1.82, 2.24) is 10.6 Å². The Kier molecular flexibility index (Phi) is 4.11. The van der Waals surface area contributed by atoms with Gasteiger partial charge in [0, 0.05) is 16.3 Å². The highest BCUT2D eigenvalue weighted by Crippen LogP contribution is 2.48. The predicted molar refractivity (Wildman–Crippen MR) is 100 cm³/mol. The highest BCUT2D eigenvalue weighted by Gasteiger charge is 2.56. The van der Waals surface area contributed by atoms with Crippen LogP contribution in [-0.4, -0.2) is 24.8 Å². The average molecular weight is 388 g/mol. The molecular weight excluding hydrogens is 370 g/mol. The maximum Gasteiger partial charge on any atom is 0.318 e. The van der Waals surface area contributed by atoms with E-state index in [0.717, 1.165) is 0 Å². The Bertz CT molecular complexity index is 918. The van der Waals surface area contributed by atoms with Crippen LogP contribution in [-0.2, 0) is 4.79 Å². The van der Waals surface area contributed by atoms with Gasteiger partial charge in [0.1, 0.15) is 5.92 Å². The summed E-state index contributed by atoms with van der Waals surface area (Å²) >= 11 is 5.90. The number of hydrogen-bond donors (Lipinski definition) is 3. The molecule has 8 heteroatoms. The molecule has 1 fully saturated rings. The van der Waals surface area contributed by atoms with Gasteiger partial charge < -0.3 is 20.1 Å². The second kappa shape index (κ2) is 6.35. The number of carbonyl (C=O) groups is 2. The maximum absolute atomic E-state index is 13.1. The molecule has 0 saturated carbocycles. The van der Waals surface area contributed by atoms with E-state index in [1.54, 1.807) is 50.4 Å². The number of benzene rings is 2. The normalized spacial score (nSPS) is 25.4. The van der Waals surface area contributed by atoms with Gasteiger partial charge in [-0.3, -0.25) is 10.1 Å². The average Bonchev–Trinajstić information content (AvgIpc) is 2.62. The van der Waals surface area contributed by atoms with Crippen LogP contribution in [0.3, 0.4) is 0 Å². The summed E-state index contributed by atoms with van der Waals surface area (Å²) < 4.78 is 11.5. The van der Waals surface area contributed by atoms with E-state index in [2.05, 4.69) is 16.0 Å². The van der Waals surface area contributed by atoms with E-state index in [1.165, 1.54) is 0 Å². The molecule has 0 radical (unpaired) electrons. The van der Waals surface area contributed by atoms with Gasteiger partial charge >= 0.3 is 6.03 Å². The molecule has 4 rings (SSSR count). The largest absolute Gasteiger partial charge is 0.493 e. The zero-order valence-electron chi connectivity index (χ0n) is 14.7. The van der Waals surface area contributed by atoms with E-state index in [1.807, 2.05) is 6.07 Å². The van der Waals surface area contributed by atoms with Crippen molar-refractivity contribution in [3.8, 4) is 11.5 Å². The molecule has 140 valence electrons. The first-order chi connectivity index (χ1) is 12.9. The maximum atomic E-state index is 13.1. The quantitative estimate of drug-likeness (QED) is 0.755. The second-order valence-corrected chi connectivity index (χ2v) is 7.07. The van der Waals surface area contributed by atoms with Crippen molar-refractivity contribution in [2.75, 3.05) is 12.4 Å². The third kappa shape index (κ3) is 2.94. The van der Waals surface area contributed by atoms with Crippen LogP contribution in [0, 0.1) is 5.92 Å². The molecule has 0 aliphatic carbocycles. The number of amides is 3. The number of methoxy groups -OCH3 is 1. The van der Waals surface area contributed by atoms with E-state index in [0.29, 0.717) is 27.8 Å². The van der Waals surface area contributed by atoms with Crippen molar-refractivity contribution in [3.63, 3.8) is 0 Å². The molecule has 2 bridgehead atoms. The minimum atomic E-state index is -1.23. The van der Waals surface area contributed by atoms with Gasteiger partial charge in [0.05, 0.1) is 13.2 Å². The number of fused-ring (bicyclic) bond motifs is 4. The lowest BCUT2D eigenvalue weighted by Crippen LogP contribution is -2.70. The van der Waals surface area contributed by atoms with Crippen LogP contribution in [0.2, 0.25) is 5.02 Å². The summed E-state index contributed by atoms with van der Waals surface area (Å²) in [5.41, 5.74) is 0.0669. The number of carbonyl (C=O) groups excluding carboxylic acids is 2. The summed E-state index contributed by atoms with van der Waals surface area (Å²) in [6.07, 6.45) is 0. The van der Waals surface area contributed by atoms with Gasteiger partial charge in [-0.05, 0) is 37.3 Å². The van der Waals surface area contributed by atoms with Crippen LogP contribution in [0.5, 0.6) is 11.5 Å². The van der Waals surface area contributed by atoms with E-state index in [-0.39, 0.29) is 5.91 Å². The van der Waals surface area contributed by atoms with E-state index in [9.17, 15) is 9.59 Å². The summed E-state index contributed by atoms with van der Waals surface area (Å²) in [7, 11) is 1.54. The number of ether oxygens (including phenoxy) is 2. The van der Waals surface area contributed by atoms with Gasteiger partial charge in [-0.25, -0.2) is 4.79 Å². The molecule has 2 aromatic carbocycles. The van der Waals surface area contributed by atoms with Gasteiger partial charge in [-0.15, -0.1) is 0 Å². The smallest absolute Gasteiger partial charge is 0.318 e. The lowest BCUT2D eigenvalue weighted by atomic mass is 9.79. The standard InChI is InChI=1S/C19H18ClN3O4/c1-19-14(17(24)21-11-8-6-10(20)7-9-11)15(22-18(25)23-19)12-4-3-5-13(26-2)16(12)27-19/h3-9,14-15H,1-2H3,(H,21,24)(H2,22,23,25). The molecule has 3 amide bonds. The SMILES string of the molecule is COc1cccc2c1OC1(C)NC(=O)NC2C1C(=O)Nc1ccc(Cl)cc1. The summed E-state index contributed by atoms with van der Waals surface area (Å²) in [6.45, 7) is 1.68.